The van der Waals surface area contributed by atoms with Gasteiger partial charge in [-0.05, 0) is 48.7 Å². The van der Waals surface area contributed by atoms with Crippen LogP contribution in [0.5, 0.6) is 5.75 Å². The molecule has 1 unspecified atom stereocenters. The fourth-order valence-corrected chi connectivity index (χ4v) is 5.31. The van der Waals surface area contributed by atoms with Crippen LogP contribution >= 0.6 is 27.3 Å². The van der Waals surface area contributed by atoms with Gasteiger partial charge in [-0.3, -0.25) is 4.90 Å². The lowest BCUT2D eigenvalue weighted by molar-refractivity contribution is 0.239. The fourth-order valence-electron chi connectivity index (χ4n) is 3.71. The Bertz CT molecular complexity index is 854. The highest BCUT2D eigenvalue weighted by molar-refractivity contribution is 9.10. The molecule has 0 amide bonds. The maximum Gasteiger partial charge on any atom is 0.124 e. The van der Waals surface area contributed by atoms with Gasteiger partial charge in [0.25, 0.3) is 0 Å². The lowest BCUT2D eigenvalue weighted by Crippen LogP contribution is -2.32. The number of ether oxygens (including phenoxy) is 1. The molecule has 4 rings (SSSR count). The number of halogens is 1. The van der Waals surface area contributed by atoms with Crippen LogP contribution in [0.15, 0.2) is 53.0 Å². The van der Waals surface area contributed by atoms with E-state index in [1.54, 1.807) is 7.11 Å². The van der Waals surface area contributed by atoms with E-state index < -0.39 is 0 Å². The Kier molecular flexibility index (Phi) is 5.60. The zero-order valence-corrected chi connectivity index (χ0v) is 17.3. The van der Waals surface area contributed by atoms with Gasteiger partial charge in [0, 0.05) is 39.2 Å². The topological polar surface area (TPSA) is 24.5 Å². The summed E-state index contributed by atoms with van der Waals surface area (Å²) in [6.45, 7) is 4.24. The molecule has 1 fully saturated rings. The number of fused-ring (bicyclic) bond motifs is 1. The Labute approximate surface area is 167 Å². The van der Waals surface area contributed by atoms with Crippen LogP contribution in [-0.2, 0) is 0 Å². The predicted octanol–water partition coefficient (Wildman–Crippen LogP) is 5.06. The molecule has 0 radical (unpaired) electrons. The van der Waals surface area contributed by atoms with Gasteiger partial charge in [0.15, 0.2) is 0 Å². The van der Waals surface area contributed by atoms with E-state index in [2.05, 4.69) is 68.6 Å². The zero-order valence-electron chi connectivity index (χ0n) is 14.9. The Morgan fingerprint density at radius 3 is 2.85 bits per heavy atom. The molecule has 1 atom stereocenters. The van der Waals surface area contributed by atoms with Crippen molar-refractivity contribution in [3.8, 4) is 5.75 Å². The summed E-state index contributed by atoms with van der Waals surface area (Å²) in [4.78, 5) is 3.97. The Balaban J connectivity index is 1.85. The van der Waals surface area contributed by atoms with E-state index in [-0.39, 0.29) is 6.04 Å². The van der Waals surface area contributed by atoms with Crippen molar-refractivity contribution in [2.75, 3.05) is 33.3 Å². The summed E-state index contributed by atoms with van der Waals surface area (Å²) in [5, 5.41) is 4.84. The minimum Gasteiger partial charge on any atom is -0.496 e. The van der Waals surface area contributed by atoms with Crippen LogP contribution in [0.4, 0.5) is 0 Å². The third-order valence-electron chi connectivity index (χ3n) is 4.94. The van der Waals surface area contributed by atoms with Crippen molar-refractivity contribution in [1.82, 2.24) is 10.2 Å². The average molecular weight is 431 g/mol. The van der Waals surface area contributed by atoms with Crippen LogP contribution in [0, 0.1) is 0 Å². The molecule has 0 aliphatic carbocycles. The van der Waals surface area contributed by atoms with Gasteiger partial charge >= 0.3 is 0 Å². The molecule has 0 saturated carbocycles. The van der Waals surface area contributed by atoms with Crippen molar-refractivity contribution in [3.05, 3.63) is 63.4 Å². The summed E-state index contributed by atoms with van der Waals surface area (Å²) in [5.74, 6) is 0.952. The monoisotopic (exact) mass is 430 g/mol. The molecule has 1 N–H and O–H groups in total. The van der Waals surface area contributed by atoms with Crippen molar-refractivity contribution >= 4 is 37.4 Å². The van der Waals surface area contributed by atoms with Crippen molar-refractivity contribution in [2.24, 2.45) is 0 Å². The van der Waals surface area contributed by atoms with Gasteiger partial charge in [0.05, 0.1) is 13.2 Å². The van der Waals surface area contributed by atoms with E-state index >= 15 is 0 Å². The number of methoxy groups -OCH3 is 1. The average Bonchev–Trinajstić information content (AvgIpc) is 2.89. The molecule has 2 heterocycles. The van der Waals surface area contributed by atoms with E-state index in [9.17, 15) is 0 Å². The van der Waals surface area contributed by atoms with Gasteiger partial charge in [-0.2, -0.15) is 0 Å². The van der Waals surface area contributed by atoms with Crippen LogP contribution in [0.1, 0.15) is 22.9 Å². The normalized spacial score (nSPS) is 17.2. The first-order valence-electron chi connectivity index (χ1n) is 9.03. The number of benzene rings is 2. The van der Waals surface area contributed by atoms with Crippen LogP contribution in [0.25, 0.3) is 10.1 Å². The first-order chi connectivity index (χ1) is 12.8. The van der Waals surface area contributed by atoms with Crippen LogP contribution < -0.4 is 10.1 Å². The van der Waals surface area contributed by atoms with E-state index in [1.165, 1.54) is 20.5 Å². The zero-order chi connectivity index (χ0) is 17.9. The molecule has 0 bridgehead atoms. The Hall–Kier alpha value is -1.40. The SMILES string of the molecule is COc1ccc(Br)cc1C(c1cc2ccccc2s1)N1CCCNCC1. The molecule has 26 heavy (non-hydrogen) atoms. The first-order valence-corrected chi connectivity index (χ1v) is 10.6. The van der Waals surface area contributed by atoms with Gasteiger partial charge in [-0.15, -0.1) is 11.3 Å². The molecule has 3 aromatic rings. The number of rotatable bonds is 4. The van der Waals surface area contributed by atoms with Gasteiger partial charge in [-0.1, -0.05) is 34.1 Å². The summed E-state index contributed by atoms with van der Waals surface area (Å²) in [6, 6.07) is 17.5. The van der Waals surface area contributed by atoms with Crippen LogP contribution in [0.3, 0.4) is 0 Å². The molecule has 1 aliphatic rings. The molecule has 1 aliphatic heterocycles. The molecule has 2 aromatic carbocycles. The van der Waals surface area contributed by atoms with Crippen molar-refractivity contribution in [3.63, 3.8) is 0 Å². The fraction of sp³-hybridized carbons (Fsp3) is 0.333. The minimum atomic E-state index is 0.208. The highest BCUT2D eigenvalue weighted by Crippen LogP contribution is 2.41. The van der Waals surface area contributed by atoms with Crippen LogP contribution in [0.2, 0.25) is 0 Å². The maximum atomic E-state index is 5.74. The number of thiophene rings is 1. The summed E-state index contributed by atoms with van der Waals surface area (Å²) in [7, 11) is 1.76. The number of hydrogen-bond donors (Lipinski definition) is 1. The first kappa shape index (κ1) is 18.0. The van der Waals surface area contributed by atoms with Crippen LogP contribution in [-0.4, -0.2) is 38.2 Å². The molecule has 3 nitrogen and oxygen atoms in total. The molecule has 1 saturated heterocycles. The van der Waals surface area contributed by atoms with Gasteiger partial charge < -0.3 is 10.1 Å². The predicted molar refractivity (Wildman–Crippen MR) is 113 cm³/mol. The van der Waals surface area contributed by atoms with Crippen molar-refractivity contribution in [2.45, 2.75) is 12.5 Å². The van der Waals surface area contributed by atoms with Gasteiger partial charge in [-0.25, -0.2) is 0 Å². The summed E-state index contributed by atoms with van der Waals surface area (Å²) >= 11 is 5.55. The van der Waals surface area contributed by atoms with E-state index in [1.807, 2.05) is 17.4 Å². The number of hydrogen-bond acceptors (Lipinski definition) is 4. The van der Waals surface area contributed by atoms with Gasteiger partial charge in [0.2, 0.25) is 0 Å². The van der Waals surface area contributed by atoms with Gasteiger partial charge in [0.1, 0.15) is 5.75 Å². The second kappa shape index (κ2) is 8.09. The third-order valence-corrected chi connectivity index (χ3v) is 6.60. The quantitative estimate of drug-likeness (QED) is 0.625. The van der Waals surface area contributed by atoms with Crippen molar-refractivity contribution < 1.29 is 4.74 Å². The highest BCUT2D eigenvalue weighted by Gasteiger charge is 2.27. The molecular formula is C21H23BrN2OS. The second-order valence-electron chi connectivity index (χ2n) is 6.61. The van der Waals surface area contributed by atoms with E-state index in [0.29, 0.717) is 0 Å². The second-order valence-corrected chi connectivity index (χ2v) is 8.65. The molecular weight excluding hydrogens is 408 g/mol. The summed E-state index contributed by atoms with van der Waals surface area (Å²) in [5.41, 5.74) is 1.23. The summed E-state index contributed by atoms with van der Waals surface area (Å²) < 4.78 is 8.17. The van der Waals surface area contributed by atoms with E-state index in [4.69, 9.17) is 4.74 Å². The minimum absolute atomic E-state index is 0.208. The summed E-state index contributed by atoms with van der Waals surface area (Å²) in [6.07, 6.45) is 1.16. The largest absolute Gasteiger partial charge is 0.496 e. The third kappa shape index (κ3) is 3.67. The van der Waals surface area contributed by atoms with Crippen molar-refractivity contribution in [1.29, 1.82) is 0 Å². The lowest BCUT2D eigenvalue weighted by Gasteiger charge is -2.31. The highest BCUT2D eigenvalue weighted by atomic mass is 79.9. The lowest BCUT2D eigenvalue weighted by atomic mass is 10.0. The number of nitrogens with one attached hydrogen (secondary N) is 1. The molecule has 0 spiro atoms. The molecule has 5 heteroatoms. The smallest absolute Gasteiger partial charge is 0.124 e. The van der Waals surface area contributed by atoms with E-state index in [0.717, 1.165) is 42.8 Å². The number of nitrogens with zero attached hydrogens (tertiary/aromatic N) is 1. The maximum absolute atomic E-state index is 5.74. The molecule has 1 aromatic heterocycles. The standard InChI is InChI=1S/C21H23BrN2OS/c1-25-18-8-7-16(22)14-17(18)21(24-11-4-9-23-10-12-24)20-13-15-5-2-3-6-19(15)26-20/h2-3,5-8,13-14,21,23H,4,9-12H2,1H3. The Morgan fingerprint density at radius 1 is 1.12 bits per heavy atom. The molecule has 136 valence electrons. The Morgan fingerprint density at radius 2 is 2.00 bits per heavy atom.